The molecule has 0 radical (unpaired) electrons. The zero-order chi connectivity index (χ0) is 14.8. The molecule has 21 heavy (non-hydrogen) atoms. The summed E-state index contributed by atoms with van der Waals surface area (Å²) in [5.41, 5.74) is 1.42. The molecule has 0 saturated heterocycles. The summed E-state index contributed by atoms with van der Waals surface area (Å²) in [5, 5.41) is 22.5. The first-order valence-electron chi connectivity index (χ1n) is 7.04. The van der Waals surface area contributed by atoms with E-state index in [0.29, 0.717) is 11.3 Å². The average molecular weight is 284 g/mol. The van der Waals surface area contributed by atoms with E-state index in [1.54, 1.807) is 6.20 Å². The summed E-state index contributed by atoms with van der Waals surface area (Å²) in [7, 11) is 0. The lowest BCUT2D eigenvalue weighted by Crippen LogP contribution is -2.27. The van der Waals surface area contributed by atoms with Gasteiger partial charge in [-0.3, -0.25) is 0 Å². The molecule has 0 aromatic carbocycles. The predicted molar refractivity (Wildman–Crippen MR) is 78.0 cm³/mol. The Labute approximate surface area is 121 Å². The standard InChI is InChI=1S/C15H16N4O2/c16-7-9-2-1-3-10(6-9)19-13-11-4-5-17-14(11)18-8-12(13)15(20)21/h4-5,8-10H,1-3,6H2,(H,20,21)(H2,17,18,19)/t9-,10-/m1/s1. The number of hydrogen-bond acceptors (Lipinski definition) is 4. The van der Waals surface area contributed by atoms with Gasteiger partial charge in [-0.15, -0.1) is 0 Å². The number of carbonyl (C=O) groups is 1. The number of carboxylic acids is 1. The second-order valence-corrected chi connectivity index (χ2v) is 5.43. The van der Waals surface area contributed by atoms with Crippen LogP contribution in [0.25, 0.3) is 11.0 Å². The Bertz CT molecular complexity index is 716. The minimum absolute atomic E-state index is 0.0491. The van der Waals surface area contributed by atoms with Crippen molar-refractivity contribution < 1.29 is 9.90 Å². The van der Waals surface area contributed by atoms with Crippen LogP contribution in [0.1, 0.15) is 36.0 Å². The molecule has 0 spiro atoms. The molecule has 2 heterocycles. The van der Waals surface area contributed by atoms with E-state index in [-0.39, 0.29) is 17.5 Å². The third kappa shape index (κ3) is 2.55. The number of rotatable bonds is 3. The number of H-pyrrole nitrogens is 1. The van der Waals surface area contributed by atoms with Crippen LogP contribution in [0.5, 0.6) is 0 Å². The normalized spacial score (nSPS) is 21.9. The number of aromatic carboxylic acids is 1. The van der Waals surface area contributed by atoms with Gasteiger partial charge >= 0.3 is 5.97 Å². The van der Waals surface area contributed by atoms with Gasteiger partial charge in [0.1, 0.15) is 11.2 Å². The SMILES string of the molecule is N#C[C@@H]1CCC[C@@H](Nc2c(C(=O)O)cnc3[nH]ccc23)C1. The molecule has 1 saturated carbocycles. The molecule has 0 bridgehead atoms. The lowest BCUT2D eigenvalue weighted by Gasteiger charge is -2.27. The van der Waals surface area contributed by atoms with Crippen LogP contribution in [0.15, 0.2) is 18.5 Å². The first kappa shape index (κ1) is 13.4. The molecule has 6 heteroatoms. The molecule has 3 rings (SSSR count). The van der Waals surface area contributed by atoms with Crippen molar-refractivity contribution in [2.45, 2.75) is 31.7 Å². The highest BCUT2D eigenvalue weighted by molar-refractivity contribution is 6.03. The maximum absolute atomic E-state index is 11.4. The number of fused-ring (bicyclic) bond motifs is 1. The molecule has 1 aliphatic rings. The fourth-order valence-corrected chi connectivity index (χ4v) is 2.97. The topological polar surface area (TPSA) is 102 Å². The minimum Gasteiger partial charge on any atom is -0.478 e. The first-order chi connectivity index (χ1) is 10.2. The largest absolute Gasteiger partial charge is 0.478 e. The van der Waals surface area contributed by atoms with Gasteiger partial charge in [-0.1, -0.05) is 6.42 Å². The molecule has 1 fully saturated rings. The second kappa shape index (κ2) is 5.44. The van der Waals surface area contributed by atoms with E-state index in [2.05, 4.69) is 21.4 Å². The smallest absolute Gasteiger partial charge is 0.339 e. The van der Waals surface area contributed by atoms with Crippen LogP contribution in [0, 0.1) is 17.2 Å². The maximum Gasteiger partial charge on any atom is 0.339 e. The van der Waals surface area contributed by atoms with E-state index >= 15 is 0 Å². The second-order valence-electron chi connectivity index (χ2n) is 5.43. The first-order valence-corrected chi connectivity index (χ1v) is 7.04. The van der Waals surface area contributed by atoms with Gasteiger partial charge < -0.3 is 15.4 Å². The molecule has 2 aromatic rings. The van der Waals surface area contributed by atoms with Crippen LogP contribution in [-0.4, -0.2) is 27.1 Å². The monoisotopic (exact) mass is 284 g/mol. The van der Waals surface area contributed by atoms with Crippen molar-refractivity contribution in [3.05, 3.63) is 24.0 Å². The van der Waals surface area contributed by atoms with Crippen LogP contribution in [0.4, 0.5) is 5.69 Å². The molecule has 0 amide bonds. The third-order valence-corrected chi connectivity index (χ3v) is 4.02. The number of carboxylic acid groups (broad SMARTS) is 1. The molecule has 0 aliphatic heterocycles. The highest BCUT2D eigenvalue weighted by Gasteiger charge is 2.24. The van der Waals surface area contributed by atoms with Crippen molar-refractivity contribution in [2.75, 3.05) is 5.32 Å². The number of nitrogens with one attached hydrogen (secondary N) is 2. The van der Waals surface area contributed by atoms with E-state index < -0.39 is 5.97 Å². The zero-order valence-electron chi connectivity index (χ0n) is 11.5. The molecule has 2 aromatic heterocycles. The molecule has 2 atom stereocenters. The Morgan fingerprint density at radius 2 is 2.38 bits per heavy atom. The highest BCUT2D eigenvalue weighted by Crippen LogP contribution is 2.31. The summed E-state index contributed by atoms with van der Waals surface area (Å²) in [6.45, 7) is 0. The van der Waals surface area contributed by atoms with Gasteiger partial charge in [0.15, 0.2) is 0 Å². The summed E-state index contributed by atoms with van der Waals surface area (Å²) in [5.74, 6) is -0.950. The van der Waals surface area contributed by atoms with Gasteiger partial charge in [-0.25, -0.2) is 9.78 Å². The fourth-order valence-electron chi connectivity index (χ4n) is 2.97. The molecule has 1 aliphatic carbocycles. The van der Waals surface area contributed by atoms with Crippen molar-refractivity contribution in [1.82, 2.24) is 9.97 Å². The lowest BCUT2D eigenvalue weighted by atomic mass is 9.86. The zero-order valence-corrected chi connectivity index (χ0v) is 11.5. The summed E-state index contributed by atoms with van der Waals surface area (Å²) in [6, 6.07) is 4.26. The van der Waals surface area contributed by atoms with Crippen LogP contribution in [0.2, 0.25) is 0 Å². The van der Waals surface area contributed by atoms with Crippen LogP contribution < -0.4 is 5.32 Å². The van der Waals surface area contributed by atoms with Gasteiger partial charge in [0.25, 0.3) is 0 Å². The summed E-state index contributed by atoms with van der Waals surface area (Å²) in [4.78, 5) is 18.5. The molecule has 108 valence electrons. The van der Waals surface area contributed by atoms with Gasteiger partial charge in [-0.2, -0.15) is 5.26 Å². The van der Waals surface area contributed by atoms with Gasteiger partial charge in [0.2, 0.25) is 0 Å². The number of nitriles is 1. The molecular formula is C15H16N4O2. The quantitative estimate of drug-likeness (QED) is 0.804. The number of hydrogen-bond donors (Lipinski definition) is 3. The van der Waals surface area contributed by atoms with Gasteiger partial charge in [0, 0.05) is 29.7 Å². The highest BCUT2D eigenvalue weighted by atomic mass is 16.4. The average Bonchev–Trinajstić information content (AvgIpc) is 2.96. The minimum atomic E-state index is -0.999. The van der Waals surface area contributed by atoms with Crippen molar-refractivity contribution >= 4 is 22.7 Å². The molecule has 0 unspecified atom stereocenters. The Kier molecular flexibility index (Phi) is 3.48. The van der Waals surface area contributed by atoms with Crippen molar-refractivity contribution in [3.8, 4) is 6.07 Å². The van der Waals surface area contributed by atoms with Crippen LogP contribution in [0.3, 0.4) is 0 Å². The van der Waals surface area contributed by atoms with Gasteiger partial charge in [0.05, 0.1) is 11.8 Å². The molecule has 3 N–H and O–H groups in total. The predicted octanol–water partition coefficient (Wildman–Crippen LogP) is 2.76. The maximum atomic E-state index is 11.4. The van der Waals surface area contributed by atoms with E-state index in [9.17, 15) is 9.90 Å². The number of pyridine rings is 1. The van der Waals surface area contributed by atoms with Crippen molar-refractivity contribution in [2.24, 2.45) is 5.92 Å². The molecule has 6 nitrogen and oxygen atoms in total. The number of aromatic nitrogens is 2. The van der Waals surface area contributed by atoms with Crippen molar-refractivity contribution in [1.29, 1.82) is 5.26 Å². The number of aromatic amines is 1. The number of nitrogens with zero attached hydrogens (tertiary/aromatic N) is 2. The Morgan fingerprint density at radius 1 is 1.52 bits per heavy atom. The van der Waals surface area contributed by atoms with Crippen LogP contribution >= 0.6 is 0 Å². The lowest BCUT2D eigenvalue weighted by molar-refractivity contribution is 0.0697. The summed E-state index contributed by atoms with van der Waals surface area (Å²) >= 11 is 0. The third-order valence-electron chi connectivity index (χ3n) is 4.02. The van der Waals surface area contributed by atoms with E-state index in [1.807, 2.05) is 6.07 Å². The van der Waals surface area contributed by atoms with Gasteiger partial charge in [-0.05, 0) is 25.3 Å². The fraction of sp³-hybridized carbons (Fsp3) is 0.400. The Morgan fingerprint density at radius 3 is 3.14 bits per heavy atom. The molecular weight excluding hydrogens is 268 g/mol. The van der Waals surface area contributed by atoms with E-state index in [1.165, 1.54) is 6.20 Å². The number of anilines is 1. The van der Waals surface area contributed by atoms with E-state index in [0.717, 1.165) is 31.1 Å². The Hall–Kier alpha value is -2.55. The Balaban J connectivity index is 1.95. The summed E-state index contributed by atoms with van der Waals surface area (Å²) in [6.07, 6.45) is 6.73. The van der Waals surface area contributed by atoms with E-state index in [4.69, 9.17) is 5.26 Å². The van der Waals surface area contributed by atoms with Crippen molar-refractivity contribution in [3.63, 3.8) is 0 Å². The van der Waals surface area contributed by atoms with Crippen LogP contribution in [-0.2, 0) is 0 Å². The summed E-state index contributed by atoms with van der Waals surface area (Å²) < 4.78 is 0.